The van der Waals surface area contributed by atoms with Crippen molar-refractivity contribution in [1.29, 1.82) is 0 Å². The number of unbranched alkanes of at least 4 members (excludes halogenated alkanes) is 1. The van der Waals surface area contributed by atoms with Crippen LogP contribution < -0.4 is 10.1 Å². The van der Waals surface area contributed by atoms with Crippen LogP contribution in [-0.2, 0) is 6.54 Å². The second-order valence-corrected chi connectivity index (χ2v) is 5.81. The Morgan fingerprint density at radius 1 is 0.957 bits per heavy atom. The number of halogens is 1. The molecule has 0 aliphatic rings. The van der Waals surface area contributed by atoms with Gasteiger partial charge >= 0.3 is 0 Å². The van der Waals surface area contributed by atoms with E-state index in [2.05, 4.69) is 5.32 Å². The smallest absolute Gasteiger partial charge is 0.127 e. The fraction of sp³-hybridized carbons (Fsp3) is 0.263. The number of hydrogen-bond donors (Lipinski definition) is 1. The van der Waals surface area contributed by atoms with Crippen molar-refractivity contribution >= 4 is 22.4 Å². The van der Waals surface area contributed by atoms with E-state index in [-0.39, 0.29) is 0 Å². The molecule has 0 unspecified atom stereocenters. The first-order valence-corrected chi connectivity index (χ1v) is 8.25. The summed E-state index contributed by atoms with van der Waals surface area (Å²) < 4.78 is 11.2. The van der Waals surface area contributed by atoms with Crippen LogP contribution in [-0.4, -0.2) is 13.2 Å². The summed E-state index contributed by atoms with van der Waals surface area (Å²) in [6.45, 7) is 2.43. The van der Waals surface area contributed by atoms with Crippen molar-refractivity contribution in [2.75, 3.05) is 13.2 Å². The van der Waals surface area contributed by atoms with Crippen LogP contribution in [0.5, 0.6) is 5.75 Å². The highest BCUT2D eigenvalue weighted by Crippen LogP contribution is 2.31. The molecule has 0 aliphatic carbocycles. The van der Waals surface area contributed by atoms with Gasteiger partial charge in [0, 0.05) is 15.8 Å². The first-order chi connectivity index (χ1) is 11.3. The first-order valence-electron chi connectivity index (χ1n) is 7.88. The quantitative estimate of drug-likeness (QED) is 0.588. The van der Waals surface area contributed by atoms with Crippen molar-refractivity contribution < 1.29 is 9.15 Å². The molecule has 0 fully saturated rings. The third-order valence-electron chi connectivity index (χ3n) is 3.72. The van der Waals surface area contributed by atoms with E-state index >= 15 is 0 Å². The number of furan rings is 1. The van der Waals surface area contributed by atoms with Crippen LogP contribution in [0.3, 0.4) is 0 Å². The summed E-state index contributed by atoms with van der Waals surface area (Å²) in [5.41, 5.74) is 0. The van der Waals surface area contributed by atoms with Crippen molar-refractivity contribution in [3.8, 4) is 5.75 Å². The maximum Gasteiger partial charge on any atom is 0.127 e. The van der Waals surface area contributed by atoms with Crippen molar-refractivity contribution in [2.45, 2.75) is 19.4 Å². The molecule has 0 atom stereocenters. The fourth-order valence-corrected chi connectivity index (χ4v) is 2.75. The number of hydrogen-bond acceptors (Lipinski definition) is 3. The number of nitrogens with one attached hydrogen (secondary N) is 1. The van der Waals surface area contributed by atoms with Crippen molar-refractivity contribution in [2.24, 2.45) is 0 Å². The lowest BCUT2D eigenvalue weighted by atomic mass is 10.1. The Labute approximate surface area is 141 Å². The van der Waals surface area contributed by atoms with E-state index in [4.69, 9.17) is 20.8 Å². The number of rotatable bonds is 8. The molecule has 23 heavy (non-hydrogen) atoms. The minimum Gasteiger partial charge on any atom is -0.493 e. The normalized spacial score (nSPS) is 11.0. The summed E-state index contributed by atoms with van der Waals surface area (Å²) in [4.78, 5) is 0. The van der Waals surface area contributed by atoms with Gasteiger partial charge in [-0.3, -0.25) is 0 Å². The Morgan fingerprint density at radius 3 is 2.65 bits per heavy atom. The lowest BCUT2D eigenvalue weighted by Crippen LogP contribution is -2.15. The number of fused-ring (bicyclic) bond motifs is 1. The minimum absolute atomic E-state index is 0.702. The maximum absolute atomic E-state index is 6.22. The Balaban J connectivity index is 1.42. The number of benzene rings is 2. The first kappa shape index (κ1) is 15.9. The highest BCUT2D eigenvalue weighted by Gasteiger charge is 2.05. The van der Waals surface area contributed by atoms with Crippen LogP contribution in [0.4, 0.5) is 0 Å². The van der Waals surface area contributed by atoms with Crippen LogP contribution in [0.2, 0.25) is 5.02 Å². The third kappa shape index (κ3) is 4.27. The molecule has 3 aromatic rings. The number of ether oxygens (including phenoxy) is 1. The van der Waals surface area contributed by atoms with E-state index in [1.54, 1.807) is 6.26 Å². The van der Waals surface area contributed by atoms with Gasteiger partial charge in [-0.05, 0) is 43.7 Å². The summed E-state index contributed by atoms with van der Waals surface area (Å²) in [6.07, 6.45) is 3.76. The van der Waals surface area contributed by atoms with Gasteiger partial charge in [-0.2, -0.15) is 0 Å². The molecule has 0 saturated heterocycles. The Kier molecular flexibility index (Phi) is 5.56. The SMILES string of the molecule is Clc1ccc(OCCCCNCc2ccco2)c2ccccc12. The summed E-state index contributed by atoms with van der Waals surface area (Å²) in [5, 5.41) is 6.22. The van der Waals surface area contributed by atoms with E-state index in [0.29, 0.717) is 6.61 Å². The molecule has 2 aromatic carbocycles. The Bertz CT molecular complexity index is 740. The van der Waals surface area contributed by atoms with Gasteiger partial charge in [-0.25, -0.2) is 0 Å². The lowest BCUT2D eigenvalue weighted by Gasteiger charge is -2.10. The van der Waals surface area contributed by atoms with Crippen molar-refractivity contribution in [3.05, 3.63) is 65.6 Å². The molecular weight excluding hydrogens is 310 g/mol. The molecule has 4 heteroatoms. The molecule has 1 heterocycles. The lowest BCUT2D eigenvalue weighted by molar-refractivity contribution is 0.309. The molecule has 120 valence electrons. The molecule has 3 nitrogen and oxygen atoms in total. The topological polar surface area (TPSA) is 34.4 Å². The highest BCUT2D eigenvalue weighted by molar-refractivity contribution is 6.35. The van der Waals surface area contributed by atoms with Gasteiger partial charge in [-0.1, -0.05) is 35.9 Å². The monoisotopic (exact) mass is 329 g/mol. The van der Waals surface area contributed by atoms with E-state index in [0.717, 1.165) is 53.2 Å². The van der Waals surface area contributed by atoms with E-state index in [9.17, 15) is 0 Å². The van der Waals surface area contributed by atoms with Crippen molar-refractivity contribution in [3.63, 3.8) is 0 Å². The van der Waals surface area contributed by atoms with Gasteiger partial charge in [0.15, 0.2) is 0 Å². The molecular formula is C19H20ClNO2. The highest BCUT2D eigenvalue weighted by atomic mass is 35.5. The predicted molar refractivity (Wildman–Crippen MR) is 94.1 cm³/mol. The zero-order chi connectivity index (χ0) is 15.9. The van der Waals surface area contributed by atoms with E-state index in [1.165, 1.54) is 0 Å². The van der Waals surface area contributed by atoms with Gasteiger partial charge in [0.25, 0.3) is 0 Å². The maximum atomic E-state index is 6.22. The largest absolute Gasteiger partial charge is 0.493 e. The molecule has 1 N–H and O–H groups in total. The summed E-state index contributed by atoms with van der Waals surface area (Å²) in [5.74, 6) is 1.86. The van der Waals surface area contributed by atoms with Gasteiger partial charge in [0.05, 0.1) is 19.4 Å². The van der Waals surface area contributed by atoms with Crippen LogP contribution in [0.15, 0.2) is 59.2 Å². The van der Waals surface area contributed by atoms with Gasteiger partial charge in [-0.15, -0.1) is 0 Å². The molecule has 0 spiro atoms. The molecule has 1 aromatic heterocycles. The van der Waals surface area contributed by atoms with Gasteiger partial charge in [0.1, 0.15) is 11.5 Å². The summed E-state index contributed by atoms with van der Waals surface area (Å²) in [6, 6.07) is 15.8. The van der Waals surface area contributed by atoms with Crippen LogP contribution >= 0.6 is 11.6 Å². The zero-order valence-electron chi connectivity index (χ0n) is 12.9. The van der Waals surface area contributed by atoms with Gasteiger partial charge in [0.2, 0.25) is 0 Å². The molecule has 0 bridgehead atoms. The molecule has 0 amide bonds. The average Bonchev–Trinajstić information content (AvgIpc) is 3.09. The average molecular weight is 330 g/mol. The van der Waals surface area contributed by atoms with Crippen molar-refractivity contribution in [1.82, 2.24) is 5.32 Å². The van der Waals surface area contributed by atoms with Crippen LogP contribution in [0.1, 0.15) is 18.6 Å². The fourth-order valence-electron chi connectivity index (χ4n) is 2.52. The molecule has 0 saturated carbocycles. The minimum atomic E-state index is 0.702. The third-order valence-corrected chi connectivity index (χ3v) is 4.05. The Hall–Kier alpha value is -1.97. The second-order valence-electron chi connectivity index (χ2n) is 5.40. The molecule has 0 radical (unpaired) electrons. The van der Waals surface area contributed by atoms with E-state index in [1.807, 2.05) is 48.5 Å². The van der Waals surface area contributed by atoms with Crippen LogP contribution in [0, 0.1) is 0 Å². The summed E-state index contributed by atoms with van der Waals surface area (Å²) in [7, 11) is 0. The predicted octanol–water partition coefficient (Wildman–Crippen LogP) is 5.04. The zero-order valence-corrected chi connectivity index (χ0v) is 13.7. The summed E-state index contributed by atoms with van der Waals surface area (Å²) >= 11 is 6.22. The van der Waals surface area contributed by atoms with Gasteiger partial charge < -0.3 is 14.5 Å². The second kappa shape index (κ2) is 8.04. The Morgan fingerprint density at radius 2 is 1.83 bits per heavy atom. The standard InChI is InChI=1S/C19H20ClNO2/c20-18-9-10-19(17-8-2-1-7-16(17)18)23-12-4-3-11-21-14-15-6-5-13-22-15/h1-2,5-10,13,21H,3-4,11-12,14H2. The van der Waals surface area contributed by atoms with E-state index < -0.39 is 0 Å². The molecule has 0 aliphatic heterocycles. The molecule has 3 rings (SSSR count). The van der Waals surface area contributed by atoms with Crippen LogP contribution in [0.25, 0.3) is 10.8 Å².